The Kier molecular flexibility index (Phi) is 2.73. The van der Waals surface area contributed by atoms with E-state index < -0.39 is 12.0 Å². The van der Waals surface area contributed by atoms with Crippen molar-refractivity contribution in [3.05, 3.63) is 29.3 Å². The Morgan fingerprint density at radius 2 is 1.83 bits per heavy atom. The van der Waals surface area contributed by atoms with E-state index in [9.17, 15) is 13.2 Å². The van der Waals surface area contributed by atoms with Crippen molar-refractivity contribution in [1.29, 1.82) is 0 Å². The lowest BCUT2D eigenvalue weighted by atomic mass is 10.3. The SMILES string of the molecule is Cc1cc(C)n2nc(-c3nn4c(C(F)(F)F)nnc4s3)cc2n1. The van der Waals surface area contributed by atoms with Gasteiger partial charge in [-0.1, -0.05) is 11.3 Å². The fraction of sp³-hybridized carbons (Fsp3) is 0.250. The third kappa shape index (κ3) is 2.15. The molecular weight excluding hydrogens is 331 g/mol. The average Bonchev–Trinajstić information content (AvgIpc) is 3.07. The highest BCUT2D eigenvalue weighted by Gasteiger charge is 2.38. The third-order valence-corrected chi connectivity index (χ3v) is 4.12. The summed E-state index contributed by atoms with van der Waals surface area (Å²) in [5.74, 6) is -1.15. The van der Waals surface area contributed by atoms with Crippen molar-refractivity contribution in [3.63, 3.8) is 0 Å². The average molecular weight is 339 g/mol. The number of hydrogen-bond donors (Lipinski definition) is 0. The predicted molar refractivity (Wildman–Crippen MR) is 75.1 cm³/mol. The maximum Gasteiger partial charge on any atom is 0.453 e. The van der Waals surface area contributed by atoms with Crippen molar-refractivity contribution in [2.45, 2.75) is 20.0 Å². The van der Waals surface area contributed by atoms with Crippen LogP contribution in [0, 0.1) is 13.8 Å². The molecule has 4 rings (SSSR count). The molecule has 0 saturated carbocycles. The molecule has 4 aromatic rings. The van der Waals surface area contributed by atoms with Crippen LogP contribution in [0.4, 0.5) is 13.2 Å². The molecule has 0 unspecified atom stereocenters. The van der Waals surface area contributed by atoms with Crippen LogP contribution in [0.2, 0.25) is 0 Å². The Bertz CT molecular complexity index is 1040. The van der Waals surface area contributed by atoms with E-state index in [0.717, 1.165) is 22.7 Å². The minimum Gasteiger partial charge on any atom is -0.234 e. The number of halogens is 3. The van der Waals surface area contributed by atoms with Gasteiger partial charge in [0.1, 0.15) is 5.69 Å². The predicted octanol–water partition coefficient (Wildman–Crippen LogP) is 2.53. The summed E-state index contributed by atoms with van der Waals surface area (Å²) < 4.78 is 40.8. The summed E-state index contributed by atoms with van der Waals surface area (Å²) in [7, 11) is 0. The molecular formula is C12H8F3N7S. The third-order valence-electron chi connectivity index (χ3n) is 3.20. The summed E-state index contributed by atoms with van der Waals surface area (Å²) in [6.07, 6.45) is -4.61. The monoisotopic (exact) mass is 339 g/mol. The van der Waals surface area contributed by atoms with Gasteiger partial charge in [-0.3, -0.25) is 0 Å². The molecule has 0 aliphatic heterocycles. The second-order valence-corrected chi connectivity index (χ2v) is 5.92. The maximum absolute atomic E-state index is 12.8. The molecule has 23 heavy (non-hydrogen) atoms. The van der Waals surface area contributed by atoms with E-state index in [1.807, 2.05) is 19.9 Å². The van der Waals surface area contributed by atoms with Crippen LogP contribution >= 0.6 is 11.3 Å². The van der Waals surface area contributed by atoms with Gasteiger partial charge in [-0.05, 0) is 19.9 Å². The Labute approximate surface area is 130 Å². The smallest absolute Gasteiger partial charge is 0.234 e. The largest absolute Gasteiger partial charge is 0.453 e. The molecule has 7 nitrogen and oxygen atoms in total. The summed E-state index contributed by atoms with van der Waals surface area (Å²) >= 11 is 0.987. The number of nitrogens with zero attached hydrogens (tertiary/aromatic N) is 7. The van der Waals surface area contributed by atoms with Gasteiger partial charge in [-0.15, -0.1) is 10.2 Å². The van der Waals surface area contributed by atoms with Crippen LogP contribution in [0.5, 0.6) is 0 Å². The topological polar surface area (TPSA) is 73.3 Å². The van der Waals surface area contributed by atoms with Crippen molar-refractivity contribution in [3.8, 4) is 10.7 Å². The molecule has 0 aromatic carbocycles. The molecule has 0 atom stereocenters. The number of hydrogen-bond acceptors (Lipinski definition) is 6. The number of fused-ring (bicyclic) bond motifs is 2. The van der Waals surface area contributed by atoms with E-state index in [0.29, 0.717) is 20.9 Å². The van der Waals surface area contributed by atoms with Gasteiger partial charge in [0.2, 0.25) is 4.96 Å². The summed E-state index contributed by atoms with van der Waals surface area (Å²) in [6.45, 7) is 3.73. The summed E-state index contributed by atoms with van der Waals surface area (Å²) in [5, 5.41) is 15.3. The highest BCUT2D eigenvalue weighted by atomic mass is 32.1. The molecule has 0 radical (unpaired) electrons. The molecule has 0 saturated heterocycles. The normalized spacial score (nSPS) is 12.6. The second kappa shape index (κ2) is 4.47. The number of rotatable bonds is 1. The fourth-order valence-corrected chi connectivity index (χ4v) is 3.08. The van der Waals surface area contributed by atoms with E-state index in [-0.39, 0.29) is 4.96 Å². The van der Waals surface area contributed by atoms with E-state index in [1.165, 1.54) is 0 Å². The summed E-state index contributed by atoms with van der Waals surface area (Å²) in [6, 6.07) is 3.54. The van der Waals surface area contributed by atoms with Gasteiger partial charge in [0.25, 0.3) is 5.82 Å². The fourth-order valence-electron chi connectivity index (χ4n) is 2.29. The first-order valence-corrected chi connectivity index (χ1v) is 7.28. The van der Waals surface area contributed by atoms with Crippen molar-refractivity contribution in [2.24, 2.45) is 0 Å². The molecule has 4 aromatic heterocycles. The van der Waals surface area contributed by atoms with Crippen molar-refractivity contribution in [2.75, 3.05) is 0 Å². The maximum atomic E-state index is 12.8. The Hall–Kier alpha value is -2.56. The van der Waals surface area contributed by atoms with Gasteiger partial charge in [-0.2, -0.15) is 27.9 Å². The second-order valence-electron chi connectivity index (χ2n) is 4.96. The Morgan fingerprint density at radius 1 is 1.04 bits per heavy atom. The van der Waals surface area contributed by atoms with Crippen molar-refractivity contribution < 1.29 is 13.2 Å². The number of alkyl halides is 3. The minimum atomic E-state index is -4.61. The van der Waals surface area contributed by atoms with E-state index in [4.69, 9.17) is 0 Å². The van der Waals surface area contributed by atoms with Gasteiger partial charge in [0.05, 0.1) is 0 Å². The Balaban J connectivity index is 1.89. The van der Waals surface area contributed by atoms with Crippen LogP contribution in [0.1, 0.15) is 17.2 Å². The molecule has 0 aliphatic rings. The van der Waals surface area contributed by atoms with E-state index >= 15 is 0 Å². The highest BCUT2D eigenvalue weighted by molar-refractivity contribution is 7.19. The van der Waals surface area contributed by atoms with Crippen molar-refractivity contribution in [1.82, 2.24) is 34.4 Å². The first-order chi connectivity index (χ1) is 10.8. The lowest BCUT2D eigenvalue weighted by Crippen LogP contribution is -2.11. The van der Waals surface area contributed by atoms with Gasteiger partial charge in [-0.25, -0.2) is 9.50 Å². The minimum absolute atomic E-state index is 0.0604. The first kappa shape index (κ1) is 14.1. The number of aryl methyl sites for hydroxylation is 2. The van der Waals surface area contributed by atoms with Crippen LogP contribution < -0.4 is 0 Å². The molecule has 0 bridgehead atoms. The summed E-state index contributed by atoms with van der Waals surface area (Å²) in [4.78, 5) is 4.40. The lowest BCUT2D eigenvalue weighted by molar-refractivity contribution is -0.146. The molecule has 0 aliphatic carbocycles. The van der Waals surface area contributed by atoms with Gasteiger partial charge >= 0.3 is 6.18 Å². The lowest BCUT2D eigenvalue weighted by Gasteiger charge is -1.99. The molecule has 0 N–H and O–H groups in total. The van der Waals surface area contributed by atoms with Gasteiger partial charge in [0.15, 0.2) is 10.7 Å². The van der Waals surface area contributed by atoms with Crippen LogP contribution in [0.3, 0.4) is 0 Å². The molecule has 0 amide bonds. The number of aromatic nitrogens is 7. The highest BCUT2D eigenvalue weighted by Crippen LogP contribution is 2.31. The van der Waals surface area contributed by atoms with Crippen LogP contribution in [0.25, 0.3) is 21.3 Å². The van der Waals surface area contributed by atoms with Crippen molar-refractivity contribution >= 4 is 21.9 Å². The van der Waals surface area contributed by atoms with Gasteiger partial charge < -0.3 is 0 Å². The van der Waals surface area contributed by atoms with Gasteiger partial charge in [0, 0.05) is 17.5 Å². The first-order valence-electron chi connectivity index (χ1n) is 6.47. The van der Waals surface area contributed by atoms with E-state index in [2.05, 4.69) is 25.4 Å². The van der Waals surface area contributed by atoms with E-state index in [1.54, 1.807) is 10.6 Å². The van der Waals surface area contributed by atoms with Crippen LogP contribution in [-0.4, -0.2) is 34.4 Å². The quantitative estimate of drug-likeness (QED) is 0.533. The zero-order valence-corrected chi connectivity index (χ0v) is 12.6. The molecule has 4 heterocycles. The molecule has 0 spiro atoms. The molecule has 0 fully saturated rings. The molecule has 11 heteroatoms. The van der Waals surface area contributed by atoms with Crippen LogP contribution in [-0.2, 0) is 6.18 Å². The zero-order valence-electron chi connectivity index (χ0n) is 11.8. The Morgan fingerprint density at radius 3 is 2.57 bits per heavy atom. The standard InChI is InChI=1S/C12H8F3N7S/c1-5-3-6(2)21-8(16-5)4-7(19-21)9-20-22-10(12(13,14)15)17-18-11(22)23-9/h3-4H,1-2H3. The molecule has 118 valence electrons. The summed E-state index contributed by atoms with van der Waals surface area (Å²) in [5.41, 5.74) is 2.76. The van der Waals surface area contributed by atoms with Crippen LogP contribution in [0.15, 0.2) is 12.1 Å². The zero-order chi connectivity index (χ0) is 16.4.